The summed E-state index contributed by atoms with van der Waals surface area (Å²) < 4.78 is 2.61. The predicted octanol–water partition coefficient (Wildman–Crippen LogP) is 4.77. The van der Waals surface area contributed by atoms with Gasteiger partial charge in [-0.05, 0) is 43.0 Å². The Morgan fingerprint density at radius 2 is 1.71 bits per heavy atom. The van der Waals surface area contributed by atoms with E-state index < -0.39 is 0 Å². The highest BCUT2D eigenvalue weighted by Crippen LogP contribution is 2.41. The molecule has 1 unspecified atom stereocenters. The van der Waals surface area contributed by atoms with E-state index in [1.54, 1.807) is 11.3 Å². The molecule has 122 valence electrons. The highest BCUT2D eigenvalue weighted by molar-refractivity contribution is 5.86. The molecule has 0 N–H and O–H groups in total. The van der Waals surface area contributed by atoms with Crippen molar-refractivity contribution in [3.8, 4) is 0 Å². The minimum absolute atomic E-state index is 0.624. The van der Waals surface area contributed by atoms with Gasteiger partial charge in [0.15, 0.2) is 0 Å². The van der Waals surface area contributed by atoms with Crippen LogP contribution in [-0.4, -0.2) is 22.6 Å². The van der Waals surface area contributed by atoms with E-state index in [1.165, 1.54) is 55.2 Å². The number of benzene rings is 2. The molecule has 0 aliphatic carbocycles. The minimum Gasteiger partial charge on any atom is -0.338 e. The summed E-state index contributed by atoms with van der Waals surface area (Å²) in [6.45, 7) is 3.50. The van der Waals surface area contributed by atoms with Crippen LogP contribution in [0.15, 0.2) is 54.6 Å². The average Bonchev–Trinajstić information content (AvgIpc) is 2.97. The van der Waals surface area contributed by atoms with Crippen LogP contribution in [0, 0.1) is 0 Å². The van der Waals surface area contributed by atoms with Gasteiger partial charge in [0.25, 0.3) is 0 Å². The maximum atomic E-state index is 2.73. The quantitative estimate of drug-likeness (QED) is 0.661. The van der Waals surface area contributed by atoms with Gasteiger partial charge in [-0.15, -0.1) is 0 Å². The van der Waals surface area contributed by atoms with Crippen LogP contribution in [0.4, 0.5) is 0 Å². The van der Waals surface area contributed by atoms with E-state index in [0.29, 0.717) is 6.04 Å². The van der Waals surface area contributed by atoms with Gasteiger partial charge in [-0.25, -0.2) is 0 Å². The lowest BCUT2D eigenvalue weighted by Gasteiger charge is -2.40. The van der Waals surface area contributed by atoms with Crippen molar-refractivity contribution >= 4 is 10.9 Å². The summed E-state index contributed by atoms with van der Waals surface area (Å²) in [4.78, 5) is 2.73. The van der Waals surface area contributed by atoms with Gasteiger partial charge >= 0.3 is 0 Å². The molecule has 3 aromatic rings. The van der Waals surface area contributed by atoms with Crippen molar-refractivity contribution in [3.63, 3.8) is 0 Å². The molecule has 0 saturated carbocycles. The van der Waals surface area contributed by atoms with Gasteiger partial charge < -0.3 is 4.57 Å². The first kappa shape index (κ1) is 14.3. The molecule has 2 nitrogen and oxygen atoms in total. The number of aromatic nitrogens is 1. The van der Waals surface area contributed by atoms with E-state index in [9.17, 15) is 0 Å². The third kappa shape index (κ3) is 2.21. The molecule has 1 atom stereocenters. The Kier molecular flexibility index (Phi) is 3.45. The number of hydrogen-bond donors (Lipinski definition) is 0. The summed E-state index contributed by atoms with van der Waals surface area (Å²) in [6, 6.07) is 20.6. The largest absolute Gasteiger partial charge is 0.338 e. The fourth-order valence-electron chi connectivity index (χ4n) is 4.80. The first-order valence-corrected chi connectivity index (χ1v) is 9.30. The highest BCUT2D eigenvalue weighted by Gasteiger charge is 2.33. The van der Waals surface area contributed by atoms with Crippen molar-refractivity contribution < 1.29 is 0 Å². The van der Waals surface area contributed by atoms with E-state index in [1.807, 2.05) is 0 Å². The number of rotatable bonds is 2. The van der Waals surface area contributed by atoms with E-state index in [2.05, 4.69) is 64.1 Å². The Hall–Kier alpha value is -2.06. The van der Waals surface area contributed by atoms with Crippen molar-refractivity contribution in [3.05, 3.63) is 71.4 Å². The second-order valence-corrected chi connectivity index (χ2v) is 7.25. The number of fused-ring (bicyclic) bond motifs is 5. The summed E-state index contributed by atoms with van der Waals surface area (Å²) in [5.74, 6) is 0. The summed E-state index contributed by atoms with van der Waals surface area (Å²) >= 11 is 0. The van der Waals surface area contributed by atoms with Gasteiger partial charge in [0.05, 0.1) is 6.04 Å². The molecule has 2 aliphatic rings. The second kappa shape index (κ2) is 5.78. The van der Waals surface area contributed by atoms with Crippen LogP contribution in [0.1, 0.15) is 42.1 Å². The SMILES string of the molecule is c1ccc(Cn2c3c(c4ccccc42)CCN2CCCCC32)cc1. The lowest BCUT2D eigenvalue weighted by atomic mass is 9.90. The van der Waals surface area contributed by atoms with Gasteiger partial charge in [0.1, 0.15) is 0 Å². The van der Waals surface area contributed by atoms with E-state index >= 15 is 0 Å². The third-order valence-corrected chi connectivity index (χ3v) is 5.88. The van der Waals surface area contributed by atoms with Crippen LogP contribution < -0.4 is 0 Å². The average molecular weight is 316 g/mol. The zero-order chi connectivity index (χ0) is 15.9. The Morgan fingerprint density at radius 3 is 2.62 bits per heavy atom. The molecule has 1 fully saturated rings. The molecular formula is C22H24N2. The second-order valence-electron chi connectivity index (χ2n) is 7.25. The van der Waals surface area contributed by atoms with Gasteiger partial charge in [0.2, 0.25) is 0 Å². The van der Waals surface area contributed by atoms with E-state index in [4.69, 9.17) is 0 Å². The molecule has 2 heteroatoms. The van der Waals surface area contributed by atoms with Gasteiger partial charge in [-0.3, -0.25) is 4.90 Å². The smallest absolute Gasteiger partial charge is 0.0503 e. The van der Waals surface area contributed by atoms with Crippen LogP contribution >= 0.6 is 0 Å². The molecule has 0 radical (unpaired) electrons. The number of piperidine rings is 1. The number of para-hydroxylation sites is 1. The summed E-state index contributed by atoms with van der Waals surface area (Å²) in [6.07, 6.45) is 5.25. The maximum Gasteiger partial charge on any atom is 0.0503 e. The normalized spacial score (nSPS) is 20.8. The summed E-state index contributed by atoms with van der Waals surface area (Å²) in [5.41, 5.74) is 6.03. The number of nitrogens with zero attached hydrogens (tertiary/aromatic N) is 2. The molecule has 5 rings (SSSR count). The molecule has 0 spiro atoms. The lowest BCUT2D eigenvalue weighted by molar-refractivity contribution is 0.133. The third-order valence-electron chi connectivity index (χ3n) is 5.88. The summed E-state index contributed by atoms with van der Waals surface area (Å²) in [7, 11) is 0. The van der Waals surface area contributed by atoms with Gasteiger partial charge in [0, 0.05) is 29.7 Å². The molecule has 3 heterocycles. The van der Waals surface area contributed by atoms with Crippen molar-refractivity contribution in [2.45, 2.75) is 38.3 Å². The highest BCUT2D eigenvalue weighted by atomic mass is 15.2. The first-order valence-electron chi connectivity index (χ1n) is 9.30. The molecule has 2 aliphatic heterocycles. The molecule has 0 amide bonds. The van der Waals surface area contributed by atoms with Gasteiger partial charge in [-0.2, -0.15) is 0 Å². The van der Waals surface area contributed by atoms with Crippen LogP contribution in [0.25, 0.3) is 10.9 Å². The standard InChI is InChI=1S/C22H24N2/c1-2-8-17(9-3-1)16-24-20-11-5-4-10-18(20)19-13-15-23-14-7-6-12-21(23)22(19)24/h1-5,8-11,21H,6-7,12-16H2. The Bertz CT molecular complexity index is 862. The first-order chi connectivity index (χ1) is 11.9. The van der Waals surface area contributed by atoms with E-state index in [-0.39, 0.29) is 0 Å². The van der Waals surface area contributed by atoms with Crippen molar-refractivity contribution in [2.75, 3.05) is 13.1 Å². The maximum absolute atomic E-state index is 2.73. The van der Waals surface area contributed by atoms with Gasteiger partial charge in [-0.1, -0.05) is 55.0 Å². The fourth-order valence-corrected chi connectivity index (χ4v) is 4.80. The topological polar surface area (TPSA) is 8.17 Å². The monoisotopic (exact) mass is 316 g/mol. The zero-order valence-electron chi connectivity index (χ0n) is 14.1. The number of hydrogen-bond acceptors (Lipinski definition) is 1. The minimum atomic E-state index is 0.624. The zero-order valence-corrected chi connectivity index (χ0v) is 14.1. The fraction of sp³-hybridized carbons (Fsp3) is 0.364. The molecule has 2 aromatic carbocycles. The Morgan fingerprint density at radius 1 is 0.875 bits per heavy atom. The molecule has 0 bridgehead atoms. The molecule has 1 aromatic heterocycles. The molecular weight excluding hydrogens is 292 g/mol. The molecule has 1 saturated heterocycles. The van der Waals surface area contributed by atoms with Crippen molar-refractivity contribution in [2.24, 2.45) is 0 Å². The van der Waals surface area contributed by atoms with Crippen molar-refractivity contribution in [1.82, 2.24) is 9.47 Å². The van der Waals surface area contributed by atoms with E-state index in [0.717, 1.165) is 6.54 Å². The van der Waals surface area contributed by atoms with Crippen LogP contribution in [0.3, 0.4) is 0 Å². The van der Waals surface area contributed by atoms with Crippen molar-refractivity contribution in [1.29, 1.82) is 0 Å². The Labute approximate surface area is 143 Å². The van der Waals surface area contributed by atoms with Crippen LogP contribution in [0.2, 0.25) is 0 Å². The summed E-state index contributed by atoms with van der Waals surface area (Å²) in [5, 5.41) is 1.48. The molecule has 24 heavy (non-hydrogen) atoms. The Balaban J connectivity index is 1.70. The predicted molar refractivity (Wildman–Crippen MR) is 99.4 cm³/mol. The van der Waals surface area contributed by atoms with Crippen LogP contribution in [-0.2, 0) is 13.0 Å². The lowest BCUT2D eigenvalue weighted by Crippen LogP contribution is -2.39. The van der Waals surface area contributed by atoms with Crippen LogP contribution in [0.5, 0.6) is 0 Å².